The van der Waals surface area contributed by atoms with Crippen LogP contribution in [-0.2, 0) is 17.8 Å². The summed E-state index contributed by atoms with van der Waals surface area (Å²) in [6.45, 7) is 14.8. The quantitative estimate of drug-likeness (QED) is 0.0187. The summed E-state index contributed by atoms with van der Waals surface area (Å²) in [6, 6.07) is 39.2. The van der Waals surface area contributed by atoms with E-state index in [1.807, 2.05) is 116 Å². The highest BCUT2D eigenvalue weighted by Gasteiger charge is 2.18. The Labute approximate surface area is 602 Å². The lowest BCUT2D eigenvalue weighted by atomic mass is 10.1. The van der Waals surface area contributed by atoms with Crippen molar-refractivity contribution in [3.05, 3.63) is 183 Å². The van der Waals surface area contributed by atoms with Crippen LogP contribution in [0.2, 0.25) is 20.6 Å². The molecule has 0 unspecified atom stereocenters. The van der Waals surface area contributed by atoms with Gasteiger partial charge in [0.2, 0.25) is 46.3 Å². The predicted molar refractivity (Wildman–Crippen MR) is 406 cm³/mol. The van der Waals surface area contributed by atoms with Gasteiger partial charge in [-0.15, -0.1) is 0 Å². The van der Waals surface area contributed by atoms with Crippen molar-refractivity contribution < 1.29 is 14.6 Å². The molecule has 1 fully saturated rings. The molecule has 0 amide bonds. The Balaban J connectivity index is 0.000000169. The number of morpholine rings is 1. The Morgan fingerprint density at radius 1 is 0.500 bits per heavy atom. The molecule has 7 heterocycles. The second-order valence-electron chi connectivity index (χ2n) is 23.2. The number of aryl methyl sites for hydroxylation is 1. The van der Waals surface area contributed by atoms with Crippen molar-refractivity contribution in [3.8, 4) is 5.75 Å². The molecule has 1 aliphatic rings. The maximum absolute atomic E-state index is 9.64. The van der Waals surface area contributed by atoms with Crippen LogP contribution in [0.1, 0.15) is 74.9 Å². The van der Waals surface area contributed by atoms with E-state index in [0.717, 1.165) is 120 Å². The zero-order valence-electron chi connectivity index (χ0n) is 56.5. The first-order chi connectivity index (χ1) is 48.9. The van der Waals surface area contributed by atoms with Gasteiger partial charge < -0.3 is 61.6 Å². The van der Waals surface area contributed by atoms with E-state index in [1.54, 1.807) is 25.6 Å². The number of halogens is 4. The molecule has 0 radical (unpaired) electrons. The summed E-state index contributed by atoms with van der Waals surface area (Å²) in [5.41, 5.74) is 9.72. The highest BCUT2D eigenvalue weighted by atomic mass is 35.5. The summed E-state index contributed by atoms with van der Waals surface area (Å²) in [5, 5.41) is 38.0. The fourth-order valence-electron chi connectivity index (χ4n) is 11.0. The van der Waals surface area contributed by atoms with Gasteiger partial charge in [0.15, 0.2) is 0 Å². The number of rotatable bonds is 31. The molecule has 522 valence electrons. The summed E-state index contributed by atoms with van der Waals surface area (Å²) in [7, 11) is 1.60. The molecule has 11 aromatic rings. The summed E-state index contributed by atoms with van der Waals surface area (Å²) in [4.78, 5) is 56.9. The van der Waals surface area contributed by atoms with Crippen molar-refractivity contribution in [1.29, 1.82) is 0 Å². The number of hydrogen-bond acceptors (Lipinski definition) is 24. The number of aromatic nitrogens is 12. The second-order valence-corrected chi connectivity index (χ2v) is 24.8. The molecule has 0 saturated carbocycles. The Kier molecular flexibility index (Phi) is 27.9. The van der Waals surface area contributed by atoms with E-state index < -0.39 is 0 Å². The normalized spacial score (nSPS) is 11.9. The lowest BCUT2D eigenvalue weighted by molar-refractivity contribution is 0.122. The van der Waals surface area contributed by atoms with Gasteiger partial charge in [-0.1, -0.05) is 91.3 Å². The van der Waals surface area contributed by atoms with Gasteiger partial charge in [0, 0.05) is 145 Å². The molecule has 0 aliphatic carbocycles. The molecule has 0 atom stereocenters. The number of aliphatic hydroxyl groups excluding tert-OH is 1. The van der Waals surface area contributed by atoms with Crippen LogP contribution in [0.3, 0.4) is 0 Å². The molecular formula is C72H83Cl4N21O3. The van der Waals surface area contributed by atoms with Gasteiger partial charge in [-0.3, -0.25) is 15.0 Å². The number of ether oxygens (including phenoxy) is 2. The second kappa shape index (κ2) is 38.1. The lowest BCUT2D eigenvalue weighted by Crippen LogP contribution is -2.37. The fraction of sp³-hybridized carbons (Fsp3) is 0.333. The van der Waals surface area contributed by atoms with Crippen LogP contribution in [0, 0.1) is 6.92 Å². The monoisotopic (exact) mass is 1430 g/mol. The van der Waals surface area contributed by atoms with Gasteiger partial charge >= 0.3 is 0 Å². The number of pyridine rings is 3. The third-order valence-corrected chi connectivity index (χ3v) is 16.8. The lowest BCUT2D eigenvalue weighted by Gasteiger charge is -2.27. The summed E-state index contributed by atoms with van der Waals surface area (Å²) >= 11 is 24.2. The van der Waals surface area contributed by atoms with Crippen LogP contribution in [0.5, 0.6) is 5.75 Å². The minimum atomic E-state index is -0.0887. The molecule has 6 aromatic heterocycles. The maximum Gasteiger partial charge on any atom is 0.233 e. The molecule has 12 rings (SSSR count). The van der Waals surface area contributed by atoms with E-state index in [1.165, 1.54) is 30.2 Å². The number of fused-ring (bicyclic) bond motifs is 3. The average molecular weight is 1430 g/mol. The predicted octanol–water partition coefficient (Wildman–Crippen LogP) is 14.6. The summed E-state index contributed by atoms with van der Waals surface area (Å²) in [6.07, 6.45) is 13.0. The van der Waals surface area contributed by atoms with Gasteiger partial charge in [0.25, 0.3) is 0 Å². The molecular weight excluding hydrogens is 1350 g/mol. The van der Waals surface area contributed by atoms with Crippen molar-refractivity contribution in [2.75, 3.05) is 133 Å². The highest BCUT2D eigenvalue weighted by Crippen LogP contribution is 2.29. The number of benzene rings is 5. The first kappa shape index (κ1) is 73.2. The van der Waals surface area contributed by atoms with Gasteiger partial charge in [0.1, 0.15) is 11.6 Å². The Bertz CT molecular complexity index is 4390. The summed E-state index contributed by atoms with van der Waals surface area (Å²) in [5.74, 6) is 4.37. The van der Waals surface area contributed by atoms with Crippen molar-refractivity contribution in [3.63, 3.8) is 0 Å². The zero-order chi connectivity index (χ0) is 69.8. The molecule has 5 aromatic carbocycles. The van der Waals surface area contributed by atoms with Gasteiger partial charge in [-0.2, -0.15) is 39.9 Å². The highest BCUT2D eigenvalue weighted by molar-refractivity contribution is 6.31. The molecule has 0 spiro atoms. The largest absolute Gasteiger partial charge is 0.497 e. The fourth-order valence-corrected chi connectivity index (χ4v) is 11.6. The third-order valence-electron chi connectivity index (χ3n) is 16.0. The topological polar surface area (TPSA) is 284 Å². The van der Waals surface area contributed by atoms with Crippen molar-refractivity contribution in [2.24, 2.45) is 0 Å². The molecule has 1 aliphatic heterocycles. The smallest absolute Gasteiger partial charge is 0.233 e. The van der Waals surface area contributed by atoms with Crippen LogP contribution in [0.15, 0.2) is 140 Å². The Morgan fingerprint density at radius 2 is 1.02 bits per heavy atom. The average Bonchev–Trinajstić information content (AvgIpc) is 0.840. The van der Waals surface area contributed by atoms with Crippen molar-refractivity contribution >= 4 is 138 Å². The number of aliphatic hydroxyl groups is 1. The molecule has 24 nitrogen and oxygen atoms in total. The van der Waals surface area contributed by atoms with E-state index in [2.05, 4.69) is 128 Å². The van der Waals surface area contributed by atoms with Crippen LogP contribution < -0.4 is 51.8 Å². The first-order valence-electron chi connectivity index (χ1n) is 33.5. The number of anilines is 10. The van der Waals surface area contributed by atoms with Crippen molar-refractivity contribution in [2.45, 2.75) is 72.3 Å². The SMILES string of the molecule is CCN(CC)c1nc(Cl)nc(NCCNc2ccnc3cc(Cl)ccc23)n1.COc1cc(CO)cc(Nc2nc(NCCCCCCCCNc3ccnc4cc(C)ccc34)nc(N3CCOCC3)n2)c1.Clc1ccc2c(NCCNc3nc(Cl)nc(Cc4ccccc4)n3)ccnc2c1. The first-order valence-corrected chi connectivity index (χ1v) is 35.0. The van der Waals surface area contributed by atoms with E-state index in [-0.39, 0.29) is 17.2 Å². The van der Waals surface area contributed by atoms with Crippen LogP contribution in [-0.4, -0.2) is 151 Å². The molecule has 1 saturated heterocycles. The maximum atomic E-state index is 9.64. The molecule has 100 heavy (non-hydrogen) atoms. The minimum absolute atomic E-state index is 0.0887. The van der Waals surface area contributed by atoms with Crippen LogP contribution in [0.4, 0.5) is 58.4 Å². The Morgan fingerprint density at radius 3 is 1.62 bits per heavy atom. The van der Waals surface area contributed by atoms with Crippen molar-refractivity contribution in [1.82, 2.24) is 59.8 Å². The van der Waals surface area contributed by atoms with Gasteiger partial charge in [0.05, 0.1) is 43.5 Å². The Hall–Kier alpha value is -9.56. The standard InChI is InChI=1S/C33H44N8O3.C21H18Cl2N6.C18H21Cl2N7/c1-24-9-10-28-29(11-14-35-30(28)19-24)34-12-7-5-3-4-6-8-13-36-31-38-32(40-33(39-31)41-15-17-44-18-16-41)37-26-20-25(23-42)21-27(22-26)43-2;22-15-6-7-16-17(8-9-24-18(16)13-15)25-10-11-26-21-28-19(27-20(23)29-21)12-14-4-2-1-3-5-14;1-3-27(4-2)18-25-16(20)24-17(26-18)23-10-9-22-14-7-8-21-15-11-12(19)5-6-13(14)15/h9-11,14,19-22,42H,3-8,12-13,15-18,23H2,1-2H3,(H,34,35)(H2,36,37,38,39,40);1-9,13H,10-12H2,(H,24,25)(H,26,27,28,29);5-8,11H,3-4,9-10H2,1-2H3,(H,21,22)(H,23,24,25,26). The van der Waals surface area contributed by atoms with E-state index >= 15 is 0 Å². The van der Waals surface area contributed by atoms with E-state index in [9.17, 15) is 5.11 Å². The molecule has 0 bridgehead atoms. The minimum Gasteiger partial charge on any atom is -0.497 e. The molecule has 8 N–H and O–H groups in total. The number of nitrogens with one attached hydrogen (secondary N) is 7. The van der Waals surface area contributed by atoms with Gasteiger partial charge in [-0.05, 0) is 146 Å². The number of hydrogen-bond donors (Lipinski definition) is 8. The zero-order valence-corrected chi connectivity index (χ0v) is 59.5. The number of nitrogens with zero attached hydrogens (tertiary/aromatic N) is 14. The van der Waals surface area contributed by atoms with E-state index in [0.29, 0.717) is 103 Å². The van der Waals surface area contributed by atoms with Gasteiger partial charge in [-0.25, -0.2) is 4.98 Å². The third kappa shape index (κ3) is 22.2. The van der Waals surface area contributed by atoms with Crippen LogP contribution in [0.25, 0.3) is 32.7 Å². The van der Waals surface area contributed by atoms with Crippen LogP contribution >= 0.6 is 46.4 Å². The molecule has 28 heteroatoms. The number of unbranched alkanes of at least 4 members (excludes halogenated alkanes) is 5. The van der Waals surface area contributed by atoms with E-state index in [4.69, 9.17) is 60.9 Å². The number of methoxy groups -OCH3 is 1. The summed E-state index contributed by atoms with van der Waals surface area (Å²) < 4.78 is 10.9.